The molecule has 2 aliphatic heterocycles. The third kappa shape index (κ3) is 2.44. The number of hydrogen-bond donors (Lipinski definition) is 0. The van der Waals surface area contributed by atoms with Crippen molar-refractivity contribution in [3.8, 4) is 11.5 Å². The molecule has 2 aliphatic rings. The van der Waals surface area contributed by atoms with Crippen molar-refractivity contribution in [1.29, 1.82) is 0 Å². The van der Waals surface area contributed by atoms with Gasteiger partial charge in [-0.15, -0.1) is 0 Å². The summed E-state index contributed by atoms with van der Waals surface area (Å²) in [5.74, 6) is 1.32. The minimum absolute atomic E-state index is 0.00229. The standard InChI is InChI=1S/C15H17BrO4/c1-15(4-2-7-20-15)14(17)10-8-12-13(9-11(10)16)19-6-3-5-18-12/h8-9H,2-7H2,1H3. The molecule has 1 atom stereocenters. The van der Waals surface area contributed by atoms with Crippen LogP contribution in [0, 0.1) is 0 Å². The zero-order chi connectivity index (χ0) is 14.2. The third-order valence-corrected chi connectivity index (χ3v) is 4.44. The number of rotatable bonds is 2. The highest BCUT2D eigenvalue weighted by Gasteiger charge is 2.39. The van der Waals surface area contributed by atoms with Crippen molar-refractivity contribution in [2.75, 3.05) is 19.8 Å². The Morgan fingerprint density at radius 1 is 1.15 bits per heavy atom. The van der Waals surface area contributed by atoms with Gasteiger partial charge >= 0.3 is 0 Å². The van der Waals surface area contributed by atoms with Crippen LogP contribution in [0.5, 0.6) is 11.5 Å². The third-order valence-electron chi connectivity index (χ3n) is 3.78. The molecular formula is C15H17BrO4. The summed E-state index contributed by atoms with van der Waals surface area (Å²) in [5.41, 5.74) is -0.124. The van der Waals surface area contributed by atoms with Crippen molar-refractivity contribution in [3.63, 3.8) is 0 Å². The predicted molar refractivity (Wildman–Crippen MR) is 77.7 cm³/mol. The summed E-state index contributed by atoms with van der Waals surface area (Å²) in [6, 6.07) is 3.58. The number of Topliss-reactive ketones (excluding diaryl/α,β-unsaturated/α-hetero) is 1. The van der Waals surface area contributed by atoms with E-state index in [2.05, 4.69) is 15.9 Å². The second-order valence-corrected chi connectivity index (χ2v) is 6.20. The highest BCUT2D eigenvalue weighted by atomic mass is 79.9. The van der Waals surface area contributed by atoms with Gasteiger partial charge in [0, 0.05) is 23.1 Å². The van der Waals surface area contributed by atoms with Crippen LogP contribution in [0.25, 0.3) is 0 Å². The monoisotopic (exact) mass is 340 g/mol. The lowest BCUT2D eigenvalue weighted by molar-refractivity contribution is 0.0212. The highest BCUT2D eigenvalue weighted by molar-refractivity contribution is 9.10. The molecule has 1 unspecified atom stereocenters. The minimum atomic E-state index is -0.720. The molecule has 1 aromatic carbocycles. The molecular weight excluding hydrogens is 324 g/mol. The van der Waals surface area contributed by atoms with Gasteiger partial charge in [-0.05, 0) is 47.8 Å². The largest absolute Gasteiger partial charge is 0.490 e. The van der Waals surface area contributed by atoms with Crippen molar-refractivity contribution in [2.24, 2.45) is 0 Å². The Kier molecular flexibility index (Phi) is 3.73. The Balaban J connectivity index is 1.97. The van der Waals surface area contributed by atoms with E-state index in [4.69, 9.17) is 14.2 Å². The lowest BCUT2D eigenvalue weighted by atomic mass is 9.92. The number of benzene rings is 1. The van der Waals surface area contributed by atoms with Crippen LogP contribution in [0.4, 0.5) is 0 Å². The summed E-state index contributed by atoms with van der Waals surface area (Å²) >= 11 is 3.46. The van der Waals surface area contributed by atoms with E-state index in [9.17, 15) is 4.79 Å². The van der Waals surface area contributed by atoms with Crippen LogP contribution in [-0.4, -0.2) is 31.2 Å². The molecule has 3 rings (SSSR count). The first-order valence-corrected chi connectivity index (χ1v) is 7.67. The summed E-state index contributed by atoms with van der Waals surface area (Å²) in [4.78, 5) is 12.7. The first kappa shape index (κ1) is 13.9. The van der Waals surface area contributed by atoms with Gasteiger partial charge < -0.3 is 14.2 Å². The molecule has 5 heteroatoms. The fourth-order valence-electron chi connectivity index (χ4n) is 2.60. The Morgan fingerprint density at radius 2 is 1.85 bits per heavy atom. The first-order valence-electron chi connectivity index (χ1n) is 6.88. The van der Waals surface area contributed by atoms with E-state index in [1.54, 1.807) is 6.07 Å². The average Bonchev–Trinajstić information content (AvgIpc) is 2.75. The van der Waals surface area contributed by atoms with Crippen LogP contribution >= 0.6 is 15.9 Å². The summed E-state index contributed by atoms with van der Waals surface area (Å²) in [7, 11) is 0. The predicted octanol–water partition coefficient (Wildman–Crippen LogP) is 3.36. The van der Waals surface area contributed by atoms with E-state index < -0.39 is 5.60 Å². The maximum absolute atomic E-state index is 12.7. The van der Waals surface area contributed by atoms with Crippen molar-refractivity contribution < 1.29 is 19.0 Å². The van der Waals surface area contributed by atoms with Gasteiger partial charge in [-0.2, -0.15) is 0 Å². The summed E-state index contributed by atoms with van der Waals surface area (Å²) in [6.07, 6.45) is 2.52. The van der Waals surface area contributed by atoms with Crippen molar-refractivity contribution >= 4 is 21.7 Å². The quantitative estimate of drug-likeness (QED) is 0.774. The molecule has 0 spiro atoms. The molecule has 1 aromatic rings. The molecule has 4 nitrogen and oxygen atoms in total. The van der Waals surface area contributed by atoms with Crippen LogP contribution in [0.2, 0.25) is 0 Å². The molecule has 0 radical (unpaired) electrons. The molecule has 0 aliphatic carbocycles. The number of fused-ring (bicyclic) bond motifs is 1. The molecule has 108 valence electrons. The maximum atomic E-state index is 12.7. The lowest BCUT2D eigenvalue weighted by Gasteiger charge is -2.22. The number of hydrogen-bond acceptors (Lipinski definition) is 4. The fourth-order valence-corrected chi connectivity index (χ4v) is 3.10. The molecule has 0 N–H and O–H groups in total. The second kappa shape index (κ2) is 5.37. The number of carbonyl (C=O) groups excluding carboxylic acids is 1. The molecule has 0 bridgehead atoms. The molecule has 0 amide bonds. The number of halogens is 1. The highest BCUT2D eigenvalue weighted by Crippen LogP contribution is 2.38. The SMILES string of the molecule is CC1(C(=O)c2cc3c(cc2Br)OCCCO3)CCCO1. The second-order valence-electron chi connectivity index (χ2n) is 5.34. The van der Waals surface area contributed by atoms with Gasteiger partial charge in [0.1, 0.15) is 5.60 Å². The molecule has 0 saturated carbocycles. The van der Waals surface area contributed by atoms with Crippen molar-refractivity contribution in [3.05, 3.63) is 22.2 Å². The van der Waals surface area contributed by atoms with E-state index in [0.29, 0.717) is 36.9 Å². The summed E-state index contributed by atoms with van der Waals surface area (Å²) in [5, 5.41) is 0. The number of carbonyl (C=O) groups is 1. The molecule has 20 heavy (non-hydrogen) atoms. The maximum Gasteiger partial charge on any atom is 0.195 e. The van der Waals surface area contributed by atoms with E-state index in [-0.39, 0.29) is 5.78 Å². The Morgan fingerprint density at radius 3 is 2.50 bits per heavy atom. The Hall–Kier alpha value is -1.07. The zero-order valence-electron chi connectivity index (χ0n) is 11.4. The zero-order valence-corrected chi connectivity index (χ0v) is 13.0. The topological polar surface area (TPSA) is 44.8 Å². The van der Waals surface area contributed by atoms with Crippen molar-refractivity contribution in [1.82, 2.24) is 0 Å². The van der Waals surface area contributed by atoms with Gasteiger partial charge in [0.15, 0.2) is 17.3 Å². The Labute approximate surface area is 126 Å². The van der Waals surface area contributed by atoms with E-state index in [1.807, 2.05) is 13.0 Å². The van der Waals surface area contributed by atoms with Gasteiger partial charge in [-0.3, -0.25) is 4.79 Å². The van der Waals surface area contributed by atoms with E-state index >= 15 is 0 Å². The van der Waals surface area contributed by atoms with Gasteiger partial charge in [0.25, 0.3) is 0 Å². The van der Waals surface area contributed by atoms with Crippen molar-refractivity contribution in [2.45, 2.75) is 31.8 Å². The van der Waals surface area contributed by atoms with E-state index in [1.165, 1.54) is 0 Å². The molecule has 1 saturated heterocycles. The fraction of sp³-hybridized carbons (Fsp3) is 0.533. The normalized spacial score (nSPS) is 25.3. The van der Waals surface area contributed by atoms with Gasteiger partial charge in [0.2, 0.25) is 0 Å². The van der Waals surface area contributed by atoms with Gasteiger partial charge in [-0.25, -0.2) is 0 Å². The first-order chi connectivity index (χ1) is 9.60. The lowest BCUT2D eigenvalue weighted by Crippen LogP contribution is -2.34. The van der Waals surface area contributed by atoms with Crippen LogP contribution in [0.3, 0.4) is 0 Å². The number of ether oxygens (including phenoxy) is 3. The summed E-state index contributed by atoms with van der Waals surface area (Å²) < 4.78 is 17.6. The van der Waals surface area contributed by atoms with Crippen LogP contribution < -0.4 is 9.47 Å². The minimum Gasteiger partial charge on any atom is -0.490 e. The summed E-state index contributed by atoms with van der Waals surface area (Å²) in [6.45, 7) is 3.74. The van der Waals surface area contributed by atoms with Crippen LogP contribution in [0.15, 0.2) is 16.6 Å². The van der Waals surface area contributed by atoms with Gasteiger partial charge in [0.05, 0.1) is 13.2 Å². The molecule has 0 aromatic heterocycles. The Bertz CT molecular complexity index is 535. The van der Waals surface area contributed by atoms with E-state index in [0.717, 1.165) is 23.7 Å². The average molecular weight is 341 g/mol. The van der Waals surface area contributed by atoms with Crippen LogP contribution in [-0.2, 0) is 4.74 Å². The van der Waals surface area contributed by atoms with Gasteiger partial charge in [-0.1, -0.05) is 0 Å². The van der Waals surface area contributed by atoms with Crippen LogP contribution in [0.1, 0.15) is 36.5 Å². The molecule has 1 fully saturated rings. The smallest absolute Gasteiger partial charge is 0.195 e. The molecule has 2 heterocycles. The number of ketones is 1.